The van der Waals surface area contributed by atoms with Crippen molar-refractivity contribution in [1.82, 2.24) is 9.47 Å². The summed E-state index contributed by atoms with van der Waals surface area (Å²) < 4.78 is 20.7. The topological polar surface area (TPSA) is 95.6 Å². The lowest BCUT2D eigenvalue weighted by molar-refractivity contribution is -0.148. The monoisotopic (exact) mass is 596 g/mol. The number of piperidine rings is 1. The first-order valence-electron chi connectivity index (χ1n) is 13.8. The molecule has 2 saturated heterocycles. The largest absolute Gasteiger partial charge is 0.466 e. The summed E-state index contributed by atoms with van der Waals surface area (Å²) in [6, 6.07) is 7.97. The van der Waals surface area contributed by atoms with E-state index in [1.165, 1.54) is 17.0 Å². The van der Waals surface area contributed by atoms with Gasteiger partial charge in [0.15, 0.2) is 0 Å². The van der Waals surface area contributed by atoms with Gasteiger partial charge in [-0.1, -0.05) is 49.5 Å². The molecule has 0 radical (unpaired) electrons. The van der Waals surface area contributed by atoms with Crippen molar-refractivity contribution < 1.29 is 18.7 Å². The van der Waals surface area contributed by atoms with Crippen molar-refractivity contribution in [3.8, 4) is 6.07 Å². The second-order valence-corrected chi connectivity index (χ2v) is 11.8. The summed E-state index contributed by atoms with van der Waals surface area (Å²) in [6.45, 7) is 7.36. The Labute approximate surface area is 248 Å². The van der Waals surface area contributed by atoms with Gasteiger partial charge in [0.05, 0.1) is 24.0 Å². The highest BCUT2D eigenvalue weighted by Gasteiger charge is 2.35. The summed E-state index contributed by atoms with van der Waals surface area (Å²) in [5.41, 5.74) is 1.44. The van der Waals surface area contributed by atoms with Crippen LogP contribution in [0, 0.1) is 30.0 Å². The number of ether oxygens (including phenoxy) is 1. The van der Waals surface area contributed by atoms with E-state index in [0.29, 0.717) is 52.2 Å². The maximum Gasteiger partial charge on any atom is 0.310 e. The third-order valence-corrected chi connectivity index (χ3v) is 8.70. The SMILES string of the molecule is CCCCn1c(N2CCCC(C(=O)OCC)C2)c(C=C2SC(=S)N(Cc3ccc(F)cc3)C2=O)c(C)c(C#N)c1=O. The summed E-state index contributed by atoms with van der Waals surface area (Å²) >= 11 is 6.68. The minimum atomic E-state index is -0.382. The summed E-state index contributed by atoms with van der Waals surface area (Å²) in [7, 11) is 0. The van der Waals surface area contributed by atoms with Crippen LogP contribution in [0.15, 0.2) is 34.0 Å². The van der Waals surface area contributed by atoms with E-state index in [4.69, 9.17) is 17.0 Å². The Hall–Kier alpha value is -3.49. The van der Waals surface area contributed by atoms with Gasteiger partial charge >= 0.3 is 5.97 Å². The number of rotatable bonds is 9. The first-order valence-corrected chi connectivity index (χ1v) is 15.0. The average Bonchev–Trinajstić information content (AvgIpc) is 3.22. The molecule has 4 rings (SSSR count). The zero-order valence-electron chi connectivity index (χ0n) is 23.4. The number of nitriles is 1. The quantitative estimate of drug-likeness (QED) is 0.223. The number of halogens is 1. The maximum absolute atomic E-state index is 13.6. The molecule has 3 heterocycles. The molecule has 2 aliphatic heterocycles. The lowest BCUT2D eigenvalue weighted by atomic mass is 9.96. The molecule has 0 spiro atoms. The lowest BCUT2D eigenvalue weighted by Crippen LogP contribution is -2.43. The number of pyridine rings is 1. The molecule has 1 unspecified atom stereocenters. The second kappa shape index (κ2) is 13.4. The van der Waals surface area contributed by atoms with Crippen LogP contribution < -0.4 is 10.5 Å². The van der Waals surface area contributed by atoms with Gasteiger partial charge in [-0.15, -0.1) is 0 Å². The predicted octanol–water partition coefficient (Wildman–Crippen LogP) is 5.15. The summed E-state index contributed by atoms with van der Waals surface area (Å²) in [5, 5.41) is 9.94. The molecule has 2 fully saturated rings. The second-order valence-electron chi connectivity index (χ2n) is 10.1. The van der Waals surface area contributed by atoms with Gasteiger partial charge in [0.1, 0.15) is 27.6 Å². The van der Waals surface area contributed by atoms with Gasteiger partial charge in [0.2, 0.25) is 0 Å². The van der Waals surface area contributed by atoms with E-state index < -0.39 is 0 Å². The van der Waals surface area contributed by atoms with Crippen molar-refractivity contribution in [1.29, 1.82) is 5.26 Å². The predicted molar refractivity (Wildman–Crippen MR) is 162 cm³/mol. The van der Waals surface area contributed by atoms with Crippen LogP contribution in [0.25, 0.3) is 6.08 Å². The Morgan fingerprint density at radius 1 is 1.27 bits per heavy atom. The van der Waals surface area contributed by atoms with Crippen molar-refractivity contribution in [3.63, 3.8) is 0 Å². The average molecular weight is 597 g/mol. The van der Waals surface area contributed by atoms with Gasteiger partial charge in [0, 0.05) is 25.2 Å². The number of hydrogen-bond donors (Lipinski definition) is 0. The summed E-state index contributed by atoms with van der Waals surface area (Å²) in [6.07, 6.45) is 4.68. The molecular formula is C30H33FN4O4S2. The zero-order chi connectivity index (χ0) is 29.7. The van der Waals surface area contributed by atoms with Gasteiger partial charge in [-0.05, 0) is 62.4 Å². The first-order chi connectivity index (χ1) is 19.7. The molecule has 1 amide bonds. The summed E-state index contributed by atoms with van der Waals surface area (Å²) in [4.78, 5) is 43.6. The van der Waals surface area contributed by atoms with E-state index in [1.54, 1.807) is 36.6 Å². The van der Waals surface area contributed by atoms with Crippen molar-refractivity contribution in [2.75, 3.05) is 24.6 Å². The molecule has 8 nitrogen and oxygen atoms in total. The molecule has 2 aliphatic rings. The Morgan fingerprint density at radius 2 is 2.00 bits per heavy atom. The minimum Gasteiger partial charge on any atom is -0.466 e. The zero-order valence-corrected chi connectivity index (χ0v) is 25.1. The highest BCUT2D eigenvalue weighted by Crippen LogP contribution is 2.37. The molecule has 41 heavy (non-hydrogen) atoms. The van der Waals surface area contributed by atoms with Gasteiger partial charge in [0.25, 0.3) is 11.5 Å². The number of nitrogens with zero attached hydrogens (tertiary/aromatic N) is 4. The van der Waals surface area contributed by atoms with E-state index >= 15 is 0 Å². The molecule has 0 N–H and O–H groups in total. The highest BCUT2D eigenvalue weighted by atomic mass is 32.2. The molecule has 1 aromatic heterocycles. The van der Waals surface area contributed by atoms with E-state index in [2.05, 4.69) is 6.07 Å². The smallest absolute Gasteiger partial charge is 0.310 e. The lowest BCUT2D eigenvalue weighted by Gasteiger charge is -2.36. The van der Waals surface area contributed by atoms with Crippen molar-refractivity contribution in [2.45, 2.75) is 59.5 Å². The number of thiocarbonyl (C=S) groups is 1. The number of amides is 1. The number of anilines is 1. The number of thioether (sulfide) groups is 1. The van der Waals surface area contributed by atoms with Crippen LogP contribution in [-0.2, 0) is 27.4 Å². The fraction of sp³-hybridized carbons (Fsp3) is 0.433. The molecule has 0 aliphatic carbocycles. The molecule has 11 heteroatoms. The first kappa shape index (κ1) is 30.5. The Balaban J connectivity index is 1.81. The molecule has 216 valence electrons. The van der Waals surface area contributed by atoms with Crippen molar-refractivity contribution >= 4 is 52.1 Å². The molecule has 1 atom stereocenters. The number of benzene rings is 1. The van der Waals surface area contributed by atoms with Crippen LogP contribution in [0.3, 0.4) is 0 Å². The Bertz CT molecular complexity index is 1480. The van der Waals surface area contributed by atoms with E-state index in [9.17, 15) is 24.0 Å². The number of aromatic nitrogens is 1. The van der Waals surface area contributed by atoms with Crippen LogP contribution in [-0.4, -0.2) is 45.4 Å². The molecular weight excluding hydrogens is 563 g/mol. The standard InChI is InChI=1S/C30H33FN4O4S2/c1-4-6-14-34-26(33-13-7-8-21(18-33)29(38)39-5-2)23(19(3)24(16-32)27(34)36)15-25-28(37)35(30(40)41-25)17-20-9-11-22(31)12-10-20/h9-12,15,21H,4-8,13-14,17-18H2,1-3H3. The van der Waals surface area contributed by atoms with E-state index in [-0.39, 0.29) is 47.9 Å². The van der Waals surface area contributed by atoms with Gasteiger partial charge < -0.3 is 9.64 Å². The van der Waals surface area contributed by atoms with Crippen LogP contribution >= 0.6 is 24.0 Å². The van der Waals surface area contributed by atoms with Crippen LogP contribution in [0.2, 0.25) is 0 Å². The van der Waals surface area contributed by atoms with Crippen LogP contribution in [0.1, 0.15) is 61.8 Å². The molecule has 0 bridgehead atoms. The molecule has 0 saturated carbocycles. The highest BCUT2D eigenvalue weighted by molar-refractivity contribution is 8.26. The Morgan fingerprint density at radius 3 is 2.66 bits per heavy atom. The Kier molecular flexibility index (Phi) is 9.99. The number of hydrogen-bond acceptors (Lipinski definition) is 8. The van der Waals surface area contributed by atoms with E-state index in [0.717, 1.165) is 36.6 Å². The fourth-order valence-corrected chi connectivity index (χ4v) is 6.41. The number of unbranched alkanes of at least 4 members (excludes halogenated alkanes) is 1. The number of carbonyl (C=O) groups excluding carboxylic acids is 2. The number of carbonyl (C=O) groups is 2. The van der Waals surface area contributed by atoms with Gasteiger partial charge in [-0.3, -0.25) is 23.9 Å². The fourth-order valence-electron chi connectivity index (χ4n) is 5.17. The third-order valence-electron chi connectivity index (χ3n) is 7.33. The minimum absolute atomic E-state index is 0.0249. The summed E-state index contributed by atoms with van der Waals surface area (Å²) in [5.74, 6) is -0.693. The third kappa shape index (κ3) is 6.54. The van der Waals surface area contributed by atoms with Crippen LogP contribution in [0.4, 0.5) is 10.2 Å². The maximum atomic E-state index is 13.6. The molecule has 2 aromatic rings. The van der Waals surface area contributed by atoms with E-state index in [1.807, 2.05) is 11.8 Å². The van der Waals surface area contributed by atoms with Crippen molar-refractivity contribution in [3.05, 3.63) is 67.6 Å². The van der Waals surface area contributed by atoms with Crippen molar-refractivity contribution in [2.24, 2.45) is 5.92 Å². The normalized spacial score (nSPS) is 18.2. The van der Waals surface area contributed by atoms with Gasteiger partial charge in [-0.25, -0.2) is 4.39 Å². The molecule has 1 aromatic carbocycles. The number of esters is 1. The van der Waals surface area contributed by atoms with Gasteiger partial charge in [-0.2, -0.15) is 5.26 Å². The van der Waals surface area contributed by atoms with Crippen LogP contribution in [0.5, 0.6) is 0 Å².